The SMILES string of the molecule is CCOC(=O)C1CCN(CC(=O)N2N=C(c3ccccc3Cl)CC2c2ccc(C)cc2)CC1. The summed E-state index contributed by atoms with van der Waals surface area (Å²) >= 11 is 6.43. The smallest absolute Gasteiger partial charge is 0.309 e. The van der Waals surface area contributed by atoms with Crippen LogP contribution < -0.4 is 0 Å². The molecule has 1 atom stereocenters. The third kappa shape index (κ3) is 5.45. The summed E-state index contributed by atoms with van der Waals surface area (Å²) in [5, 5.41) is 7.01. The van der Waals surface area contributed by atoms with E-state index in [0.29, 0.717) is 44.0 Å². The molecule has 0 radical (unpaired) electrons. The van der Waals surface area contributed by atoms with Crippen molar-refractivity contribution in [1.82, 2.24) is 9.91 Å². The highest BCUT2D eigenvalue weighted by atomic mass is 35.5. The van der Waals surface area contributed by atoms with E-state index in [2.05, 4.69) is 29.2 Å². The van der Waals surface area contributed by atoms with Gasteiger partial charge >= 0.3 is 5.97 Å². The summed E-state index contributed by atoms with van der Waals surface area (Å²) in [5.41, 5.74) is 3.91. The Morgan fingerprint density at radius 1 is 1.09 bits per heavy atom. The molecule has 2 aliphatic rings. The first kappa shape index (κ1) is 23.5. The Morgan fingerprint density at radius 2 is 1.79 bits per heavy atom. The van der Waals surface area contributed by atoms with Crippen LogP contribution in [0.4, 0.5) is 0 Å². The molecule has 7 heteroatoms. The summed E-state index contributed by atoms with van der Waals surface area (Å²) in [6.07, 6.45) is 2.03. The minimum atomic E-state index is -0.165. The number of aryl methyl sites for hydroxylation is 1. The zero-order chi connectivity index (χ0) is 23.4. The van der Waals surface area contributed by atoms with Crippen LogP contribution in [-0.2, 0) is 14.3 Å². The fourth-order valence-electron chi connectivity index (χ4n) is 4.50. The van der Waals surface area contributed by atoms with Crippen LogP contribution in [-0.4, -0.2) is 53.7 Å². The van der Waals surface area contributed by atoms with Gasteiger partial charge < -0.3 is 4.74 Å². The van der Waals surface area contributed by atoms with Gasteiger partial charge in [-0.1, -0.05) is 59.6 Å². The van der Waals surface area contributed by atoms with Crippen molar-refractivity contribution in [2.24, 2.45) is 11.0 Å². The van der Waals surface area contributed by atoms with Crippen molar-refractivity contribution in [2.45, 2.75) is 39.2 Å². The van der Waals surface area contributed by atoms with Crippen molar-refractivity contribution in [1.29, 1.82) is 0 Å². The van der Waals surface area contributed by atoms with Gasteiger partial charge in [-0.05, 0) is 51.4 Å². The number of carbonyl (C=O) groups is 2. The molecular weight excluding hydrogens is 438 g/mol. The van der Waals surface area contributed by atoms with Crippen molar-refractivity contribution in [3.63, 3.8) is 0 Å². The zero-order valence-electron chi connectivity index (χ0n) is 19.2. The van der Waals surface area contributed by atoms with E-state index in [1.165, 1.54) is 5.56 Å². The fraction of sp³-hybridized carbons (Fsp3) is 0.423. The zero-order valence-corrected chi connectivity index (χ0v) is 19.9. The first-order valence-corrected chi connectivity index (χ1v) is 11.9. The Morgan fingerprint density at radius 3 is 2.45 bits per heavy atom. The van der Waals surface area contributed by atoms with Gasteiger partial charge in [-0.25, -0.2) is 5.01 Å². The third-order valence-corrected chi connectivity index (χ3v) is 6.71. The quantitative estimate of drug-likeness (QED) is 0.582. The molecule has 6 nitrogen and oxygen atoms in total. The number of hydrogen-bond acceptors (Lipinski definition) is 5. The molecule has 1 fully saturated rings. The van der Waals surface area contributed by atoms with Gasteiger partial charge in [0.25, 0.3) is 5.91 Å². The van der Waals surface area contributed by atoms with Gasteiger partial charge in [0.15, 0.2) is 0 Å². The minimum absolute atomic E-state index is 0.0442. The van der Waals surface area contributed by atoms with Crippen LogP contribution in [0.3, 0.4) is 0 Å². The molecule has 0 bridgehead atoms. The molecule has 4 rings (SSSR count). The van der Waals surface area contributed by atoms with E-state index in [4.69, 9.17) is 21.4 Å². The van der Waals surface area contributed by atoms with Gasteiger partial charge in [-0.15, -0.1) is 0 Å². The maximum Gasteiger partial charge on any atom is 0.309 e. The van der Waals surface area contributed by atoms with Crippen molar-refractivity contribution in [3.8, 4) is 0 Å². The number of likely N-dealkylation sites (tertiary alicyclic amines) is 1. The molecule has 2 aliphatic heterocycles. The standard InChI is InChI=1S/C26H30ClN3O3/c1-3-33-26(32)20-12-14-29(15-13-20)17-25(31)30-24(19-10-8-18(2)9-11-19)16-23(28-30)21-6-4-5-7-22(21)27/h4-11,20,24H,3,12-17H2,1-2H3. The number of carbonyl (C=O) groups excluding carboxylic acids is 2. The summed E-state index contributed by atoms with van der Waals surface area (Å²) < 4.78 is 5.15. The number of hydrogen-bond donors (Lipinski definition) is 0. The summed E-state index contributed by atoms with van der Waals surface area (Å²) in [4.78, 5) is 27.5. The Balaban J connectivity index is 1.49. The van der Waals surface area contributed by atoms with Gasteiger partial charge in [0, 0.05) is 17.0 Å². The normalized spacial score (nSPS) is 19.4. The Labute approximate surface area is 200 Å². The van der Waals surface area contributed by atoms with Crippen molar-refractivity contribution >= 4 is 29.2 Å². The Kier molecular flexibility index (Phi) is 7.46. The lowest BCUT2D eigenvalue weighted by Crippen LogP contribution is -2.43. The summed E-state index contributed by atoms with van der Waals surface area (Å²) in [7, 11) is 0. The molecule has 2 aromatic rings. The monoisotopic (exact) mass is 467 g/mol. The molecular formula is C26H30ClN3O3. The predicted octanol–water partition coefficient (Wildman–Crippen LogP) is 4.60. The number of esters is 1. The molecule has 1 saturated heterocycles. The highest BCUT2D eigenvalue weighted by Gasteiger charge is 2.35. The number of halogens is 1. The molecule has 0 saturated carbocycles. The number of benzene rings is 2. The minimum Gasteiger partial charge on any atom is -0.466 e. The second-order valence-electron chi connectivity index (χ2n) is 8.70. The van der Waals surface area contributed by atoms with E-state index < -0.39 is 0 Å². The van der Waals surface area contributed by atoms with E-state index in [0.717, 1.165) is 16.8 Å². The molecule has 1 unspecified atom stereocenters. The number of piperidine rings is 1. The summed E-state index contributed by atoms with van der Waals surface area (Å²) in [6.45, 7) is 5.94. The first-order chi connectivity index (χ1) is 16.0. The molecule has 0 spiro atoms. The van der Waals surface area contributed by atoms with Crippen LogP contribution >= 0.6 is 11.6 Å². The highest BCUT2D eigenvalue weighted by Crippen LogP contribution is 2.34. The predicted molar refractivity (Wildman–Crippen MR) is 129 cm³/mol. The molecule has 2 aromatic carbocycles. The highest BCUT2D eigenvalue weighted by molar-refractivity contribution is 6.34. The molecule has 0 aliphatic carbocycles. The van der Waals surface area contributed by atoms with E-state index >= 15 is 0 Å². The van der Waals surface area contributed by atoms with Gasteiger partial charge in [0.1, 0.15) is 0 Å². The second kappa shape index (κ2) is 10.5. The number of ether oxygens (including phenoxy) is 1. The Hall–Kier alpha value is -2.70. The lowest BCUT2D eigenvalue weighted by Gasteiger charge is -2.32. The van der Waals surface area contributed by atoms with Gasteiger partial charge in [0.05, 0.1) is 30.8 Å². The number of hydrazone groups is 1. The Bertz CT molecular complexity index is 1030. The van der Waals surface area contributed by atoms with Crippen molar-refractivity contribution in [3.05, 3.63) is 70.2 Å². The lowest BCUT2D eigenvalue weighted by molar-refractivity contribution is -0.149. The maximum atomic E-state index is 13.4. The van der Waals surface area contributed by atoms with Gasteiger partial charge in [-0.2, -0.15) is 5.10 Å². The van der Waals surface area contributed by atoms with Gasteiger partial charge in [-0.3, -0.25) is 14.5 Å². The summed E-state index contributed by atoms with van der Waals surface area (Å²) in [5.74, 6) is -0.248. The van der Waals surface area contributed by atoms with Crippen LogP contribution in [0.1, 0.15) is 48.9 Å². The largest absolute Gasteiger partial charge is 0.466 e. The molecule has 0 aromatic heterocycles. The topological polar surface area (TPSA) is 62.2 Å². The third-order valence-electron chi connectivity index (χ3n) is 6.38. The number of amides is 1. The van der Waals surface area contributed by atoms with E-state index in [1.807, 2.05) is 38.1 Å². The molecule has 0 N–H and O–H groups in total. The van der Waals surface area contributed by atoms with E-state index in [1.54, 1.807) is 5.01 Å². The van der Waals surface area contributed by atoms with Crippen LogP contribution in [0.25, 0.3) is 0 Å². The van der Waals surface area contributed by atoms with Gasteiger partial charge in [0.2, 0.25) is 0 Å². The van der Waals surface area contributed by atoms with E-state index in [9.17, 15) is 9.59 Å². The van der Waals surface area contributed by atoms with Crippen LogP contribution in [0.15, 0.2) is 53.6 Å². The molecule has 2 heterocycles. The fourth-order valence-corrected chi connectivity index (χ4v) is 4.74. The molecule has 33 heavy (non-hydrogen) atoms. The van der Waals surface area contributed by atoms with Crippen LogP contribution in [0, 0.1) is 12.8 Å². The van der Waals surface area contributed by atoms with Crippen LogP contribution in [0.5, 0.6) is 0 Å². The second-order valence-corrected chi connectivity index (χ2v) is 9.11. The summed E-state index contributed by atoms with van der Waals surface area (Å²) in [6, 6.07) is 15.7. The molecule has 1 amide bonds. The average Bonchev–Trinajstić information content (AvgIpc) is 3.26. The van der Waals surface area contributed by atoms with E-state index in [-0.39, 0.29) is 30.4 Å². The van der Waals surface area contributed by atoms with Crippen molar-refractivity contribution < 1.29 is 14.3 Å². The van der Waals surface area contributed by atoms with Crippen LogP contribution in [0.2, 0.25) is 5.02 Å². The number of nitrogens with zero attached hydrogens (tertiary/aromatic N) is 3. The number of rotatable bonds is 6. The first-order valence-electron chi connectivity index (χ1n) is 11.6. The lowest BCUT2D eigenvalue weighted by atomic mass is 9.96. The average molecular weight is 468 g/mol. The molecule has 174 valence electrons. The maximum absolute atomic E-state index is 13.4. The van der Waals surface area contributed by atoms with Crippen molar-refractivity contribution in [2.75, 3.05) is 26.2 Å².